The number of anilines is 1. The van der Waals surface area contributed by atoms with Crippen LogP contribution in [0.1, 0.15) is 49.2 Å². The van der Waals surface area contributed by atoms with Gasteiger partial charge in [0.05, 0.1) is 12.4 Å². The molecular weight excluding hydrogens is 424 g/mol. The fraction of sp³-hybridized carbons (Fsp3) is 0.440. The summed E-state index contributed by atoms with van der Waals surface area (Å²) in [5.74, 6) is 2.68. The number of fused-ring (bicyclic) bond motifs is 1. The average molecular weight is 457 g/mol. The molecule has 0 bridgehead atoms. The Bertz CT molecular complexity index is 942. The second-order valence-electron chi connectivity index (χ2n) is 7.73. The number of nitrogens with one attached hydrogen (secondary N) is 1. The number of carbonyl (C=O) groups excluding carboxylic acids is 2. The van der Waals surface area contributed by atoms with Crippen LogP contribution in [0.25, 0.3) is 0 Å². The van der Waals surface area contributed by atoms with Crippen molar-refractivity contribution in [3.8, 4) is 11.5 Å². The molecule has 0 saturated heterocycles. The van der Waals surface area contributed by atoms with Crippen LogP contribution in [0, 0.1) is 0 Å². The molecule has 172 valence electrons. The highest BCUT2D eigenvalue weighted by Gasteiger charge is 2.22. The van der Waals surface area contributed by atoms with Gasteiger partial charge in [-0.15, -0.1) is 11.8 Å². The van der Waals surface area contributed by atoms with E-state index in [0.717, 1.165) is 23.5 Å². The quantitative estimate of drug-likeness (QED) is 0.558. The van der Waals surface area contributed by atoms with Crippen molar-refractivity contribution >= 4 is 29.3 Å². The van der Waals surface area contributed by atoms with Crippen LogP contribution < -0.4 is 14.8 Å². The van der Waals surface area contributed by atoms with Crippen molar-refractivity contribution in [3.63, 3.8) is 0 Å². The van der Waals surface area contributed by atoms with E-state index >= 15 is 0 Å². The molecule has 1 atom stereocenters. The van der Waals surface area contributed by atoms with Gasteiger partial charge in [0.15, 0.2) is 0 Å². The zero-order valence-electron chi connectivity index (χ0n) is 19.3. The van der Waals surface area contributed by atoms with Gasteiger partial charge in [-0.05, 0) is 64.1 Å². The highest BCUT2D eigenvalue weighted by molar-refractivity contribution is 7.99. The Hall–Kier alpha value is -2.67. The molecule has 0 fully saturated rings. The molecule has 2 amide bonds. The van der Waals surface area contributed by atoms with Crippen molar-refractivity contribution < 1.29 is 19.1 Å². The van der Waals surface area contributed by atoms with Gasteiger partial charge in [-0.2, -0.15) is 0 Å². The van der Waals surface area contributed by atoms with Crippen molar-refractivity contribution in [1.82, 2.24) is 4.90 Å². The second kappa shape index (κ2) is 11.3. The predicted octanol–water partition coefficient (Wildman–Crippen LogP) is 4.76. The molecule has 6 nitrogen and oxygen atoms in total. The van der Waals surface area contributed by atoms with Gasteiger partial charge in [0.25, 0.3) is 5.91 Å². The lowest BCUT2D eigenvalue weighted by Gasteiger charge is -2.18. The predicted molar refractivity (Wildman–Crippen MR) is 130 cm³/mol. The molecule has 0 saturated carbocycles. The minimum Gasteiger partial charge on any atom is -0.494 e. The fourth-order valence-electron chi connectivity index (χ4n) is 3.72. The maximum Gasteiger partial charge on any atom is 0.253 e. The van der Waals surface area contributed by atoms with Crippen LogP contribution in [0.3, 0.4) is 0 Å². The van der Waals surface area contributed by atoms with E-state index < -0.39 is 0 Å². The number of benzene rings is 2. The Morgan fingerprint density at radius 2 is 1.88 bits per heavy atom. The summed E-state index contributed by atoms with van der Waals surface area (Å²) in [5.41, 5.74) is 3.52. The molecular formula is C25H32N2O4S. The number of amides is 2. The van der Waals surface area contributed by atoms with E-state index in [1.54, 1.807) is 29.2 Å². The molecule has 0 aromatic heterocycles. The van der Waals surface area contributed by atoms with Gasteiger partial charge in [-0.25, -0.2) is 0 Å². The van der Waals surface area contributed by atoms with E-state index in [4.69, 9.17) is 9.47 Å². The average Bonchev–Trinajstić information content (AvgIpc) is 3.14. The third kappa shape index (κ3) is 5.97. The summed E-state index contributed by atoms with van der Waals surface area (Å²) in [6.45, 7) is 9.89. The monoisotopic (exact) mass is 456 g/mol. The molecule has 1 aliphatic heterocycles. The topological polar surface area (TPSA) is 67.9 Å². The van der Waals surface area contributed by atoms with Gasteiger partial charge in [0, 0.05) is 47.6 Å². The Morgan fingerprint density at radius 1 is 1.16 bits per heavy atom. The number of rotatable bonds is 10. The summed E-state index contributed by atoms with van der Waals surface area (Å²) in [7, 11) is 0. The number of carbonyl (C=O) groups is 2. The van der Waals surface area contributed by atoms with Gasteiger partial charge in [-0.3, -0.25) is 9.59 Å². The van der Waals surface area contributed by atoms with Crippen molar-refractivity contribution in [2.24, 2.45) is 0 Å². The number of thioether (sulfide) groups is 1. The van der Waals surface area contributed by atoms with E-state index in [0.29, 0.717) is 42.5 Å². The van der Waals surface area contributed by atoms with Crippen LogP contribution in [0.5, 0.6) is 11.5 Å². The highest BCUT2D eigenvalue weighted by Crippen LogP contribution is 2.36. The summed E-state index contributed by atoms with van der Waals surface area (Å²) < 4.78 is 11.7. The van der Waals surface area contributed by atoms with Gasteiger partial charge < -0.3 is 19.7 Å². The smallest absolute Gasteiger partial charge is 0.253 e. The van der Waals surface area contributed by atoms with Crippen LogP contribution in [0.15, 0.2) is 36.4 Å². The Labute approximate surface area is 194 Å². The first-order valence-electron chi connectivity index (χ1n) is 11.2. The summed E-state index contributed by atoms with van der Waals surface area (Å²) in [6, 6.07) is 11.2. The van der Waals surface area contributed by atoms with Crippen molar-refractivity contribution in [2.45, 2.75) is 46.0 Å². The van der Waals surface area contributed by atoms with Crippen molar-refractivity contribution in [1.29, 1.82) is 0 Å². The van der Waals surface area contributed by atoms with Crippen LogP contribution in [-0.4, -0.2) is 48.3 Å². The third-order valence-electron chi connectivity index (χ3n) is 5.34. The first-order valence-corrected chi connectivity index (χ1v) is 12.3. The van der Waals surface area contributed by atoms with Gasteiger partial charge in [-0.1, -0.05) is 0 Å². The Morgan fingerprint density at radius 3 is 2.53 bits per heavy atom. The van der Waals surface area contributed by atoms with Gasteiger partial charge >= 0.3 is 0 Å². The normalized spacial score (nSPS) is 14.4. The molecule has 2 aromatic rings. The first kappa shape index (κ1) is 24.0. The van der Waals surface area contributed by atoms with E-state index in [1.807, 2.05) is 26.8 Å². The molecule has 0 aliphatic carbocycles. The fourth-order valence-corrected chi connectivity index (χ4v) is 4.53. The number of hydrogen-bond acceptors (Lipinski definition) is 5. The van der Waals surface area contributed by atoms with Gasteiger partial charge in [0.1, 0.15) is 17.6 Å². The molecule has 0 radical (unpaired) electrons. The van der Waals surface area contributed by atoms with Crippen LogP contribution in [0.4, 0.5) is 5.69 Å². The zero-order chi connectivity index (χ0) is 23.1. The van der Waals surface area contributed by atoms with Crippen LogP contribution in [-0.2, 0) is 17.0 Å². The number of ether oxygens (including phenoxy) is 2. The minimum absolute atomic E-state index is 0.00116. The lowest BCUT2D eigenvalue weighted by atomic mass is 10.1. The lowest BCUT2D eigenvalue weighted by molar-refractivity contribution is -0.113. The van der Waals surface area contributed by atoms with E-state index in [2.05, 4.69) is 18.3 Å². The summed E-state index contributed by atoms with van der Waals surface area (Å²) in [4.78, 5) is 26.6. The first-order chi connectivity index (χ1) is 15.4. The summed E-state index contributed by atoms with van der Waals surface area (Å²) in [5, 5.41) is 2.90. The van der Waals surface area contributed by atoms with Gasteiger partial charge in [0.2, 0.25) is 5.91 Å². The van der Waals surface area contributed by atoms with Crippen molar-refractivity contribution in [3.05, 3.63) is 53.1 Å². The molecule has 0 unspecified atom stereocenters. The third-order valence-corrected chi connectivity index (χ3v) is 6.32. The molecule has 0 spiro atoms. The SMILES string of the molecule is CCOc1cc2c(cc1CSCC(=O)Nc1ccc(C(=O)N(CC)CC)cc1)O[C@@H](C)C2. The molecule has 1 aliphatic rings. The summed E-state index contributed by atoms with van der Waals surface area (Å²) in [6.07, 6.45) is 1.08. The molecule has 3 rings (SSSR count). The van der Waals surface area contributed by atoms with E-state index in [-0.39, 0.29) is 17.9 Å². The maximum absolute atomic E-state index is 12.4. The molecule has 7 heteroatoms. The molecule has 2 aromatic carbocycles. The van der Waals surface area contributed by atoms with Crippen LogP contribution >= 0.6 is 11.8 Å². The summed E-state index contributed by atoms with van der Waals surface area (Å²) >= 11 is 1.53. The van der Waals surface area contributed by atoms with E-state index in [1.165, 1.54) is 17.3 Å². The highest BCUT2D eigenvalue weighted by atomic mass is 32.2. The van der Waals surface area contributed by atoms with Crippen LogP contribution in [0.2, 0.25) is 0 Å². The largest absolute Gasteiger partial charge is 0.494 e. The van der Waals surface area contributed by atoms with E-state index in [9.17, 15) is 9.59 Å². The standard InChI is InChI=1S/C25H32N2O4S/c1-5-27(6-2)25(29)18-8-10-21(11-9-18)26-24(28)16-32-15-20-14-23-19(12-17(4)31-23)13-22(20)30-7-3/h8-11,13-14,17H,5-7,12,15-16H2,1-4H3,(H,26,28)/t17-/m0/s1. The zero-order valence-corrected chi connectivity index (χ0v) is 20.1. The second-order valence-corrected chi connectivity index (χ2v) is 8.71. The molecule has 1 N–H and O–H groups in total. The maximum atomic E-state index is 12.4. The Balaban J connectivity index is 1.53. The lowest BCUT2D eigenvalue weighted by Crippen LogP contribution is -2.30. The Kier molecular flexibility index (Phi) is 8.45. The number of nitrogens with zero attached hydrogens (tertiary/aromatic N) is 1. The molecule has 32 heavy (non-hydrogen) atoms. The minimum atomic E-state index is -0.0817. The number of hydrogen-bond donors (Lipinski definition) is 1. The van der Waals surface area contributed by atoms with Crippen molar-refractivity contribution in [2.75, 3.05) is 30.8 Å². The molecule has 1 heterocycles.